The van der Waals surface area contributed by atoms with Crippen molar-refractivity contribution in [2.24, 2.45) is 0 Å². The Morgan fingerprint density at radius 1 is 0.758 bits per heavy atom. The molecule has 0 aliphatic carbocycles. The highest BCUT2D eigenvalue weighted by molar-refractivity contribution is 6.31. The highest BCUT2D eigenvalue weighted by Crippen LogP contribution is 2.26. The van der Waals surface area contributed by atoms with Gasteiger partial charge in [-0.25, -0.2) is 9.37 Å². The minimum Gasteiger partial charge on any atom is -0.322 e. The summed E-state index contributed by atoms with van der Waals surface area (Å²) in [5, 5.41) is 3.45. The van der Waals surface area contributed by atoms with E-state index in [1.165, 1.54) is 24.3 Å². The molecule has 33 heavy (non-hydrogen) atoms. The zero-order valence-electron chi connectivity index (χ0n) is 17.3. The number of amides is 1. The Hall–Kier alpha value is -4.09. The van der Waals surface area contributed by atoms with Crippen molar-refractivity contribution in [3.8, 4) is 22.4 Å². The quantitative estimate of drug-likeness (QED) is 0.318. The Kier molecular flexibility index (Phi) is 5.55. The van der Waals surface area contributed by atoms with Crippen LogP contribution >= 0.6 is 11.6 Å². The second kappa shape index (κ2) is 8.81. The number of carbonyl (C=O) groups is 1. The van der Waals surface area contributed by atoms with Crippen LogP contribution in [0.2, 0.25) is 5.02 Å². The van der Waals surface area contributed by atoms with Crippen LogP contribution in [0.1, 0.15) is 10.4 Å². The van der Waals surface area contributed by atoms with E-state index in [0.29, 0.717) is 16.3 Å². The number of hydrogen-bond acceptors (Lipinski definition) is 3. The molecule has 0 atom stereocenters. The molecule has 0 bridgehead atoms. The van der Waals surface area contributed by atoms with Crippen LogP contribution in [0.3, 0.4) is 0 Å². The van der Waals surface area contributed by atoms with Gasteiger partial charge in [-0.2, -0.15) is 0 Å². The summed E-state index contributed by atoms with van der Waals surface area (Å²) in [5.74, 6) is -0.662. The first-order valence-electron chi connectivity index (χ1n) is 10.3. The van der Waals surface area contributed by atoms with E-state index >= 15 is 0 Å². The molecular formula is C27H17ClFN3O. The normalized spacial score (nSPS) is 10.8. The molecule has 0 saturated carbocycles. The first kappa shape index (κ1) is 20.8. The van der Waals surface area contributed by atoms with Gasteiger partial charge in [0.05, 0.1) is 22.9 Å². The number of nitrogens with one attached hydrogen (secondary N) is 1. The number of anilines is 1. The van der Waals surface area contributed by atoms with Crippen LogP contribution in [-0.2, 0) is 0 Å². The molecule has 0 radical (unpaired) electrons. The first-order valence-corrected chi connectivity index (χ1v) is 10.6. The smallest absolute Gasteiger partial charge is 0.255 e. The third-order valence-corrected chi connectivity index (χ3v) is 5.50. The highest BCUT2D eigenvalue weighted by atomic mass is 35.5. The molecule has 1 N–H and O–H groups in total. The fraction of sp³-hybridized carbons (Fsp3) is 0. The molecule has 1 aromatic heterocycles. The van der Waals surface area contributed by atoms with E-state index in [9.17, 15) is 9.18 Å². The van der Waals surface area contributed by atoms with Gasteiger partial charge in [0, 0.05) is 21.8 Å². The Bertz CT molecular complexity index is 1450. The molecule has 5 aromatic rings. The van der Waals surface area contributed by atoms with Crippen LogP contribution in [0.25, 0.3) is 33.4 Å². The lowest BCUT2D eigenvalue weighted by atomic mass is 10.0. The molecule has 5 rings (SSSR count). The molecule has 4 nitrogen and oxygen atoms in total. The SMILES string of the molecule is O=C(Nc1ccc(-c2ccc(-c3cnc4cc(Cl)ccc4n3)cc2)cc1)c1ccc(F)cc1. The van der Waals surface area contributed by atoms with Gasteiger partial charge in [0.1, 0.15) is 5.82 Å². The zero-order valence-corrected chi connectivity index (χ0v) is 18.1. The molecule has 0 aliphatic rings. The zero-order chi connectivity index (χ0) is 22.8. The molecule has 0 aliphatic heterocycles. The van der Waals surface area contributed by atoms with Gasteiger partial charge in [-0.15, -0.1) is 0 Å². The number of hydrogen-bond donors (Lipinski definition) is 1. The molecule has 160 valence electrons. The van der Waals surface area contributed by atoms with Crippen molar-refractivity contribution in [3.63, 3.8) is 0 Å². The number of aromatic nitrogens is 2. The van der Waals surface area contributed by atoms with Gasteiger partial charge in [-0.3, -0.25) is 9.78 Å². The van der Waals surface area contributed by atoms with Crippen molar-refractivity contribution in [1.29, 1.82) is 0 Å². The molecule has 0 saturated heterocycles. The third-order valence-electron chi connectivity index (χ3n) is 5.27. The monoisotopic (exact) mass is 453 g/mol. The van der Waals surface area contributed by atoms with Gasteiger partial charge in [-0.1, -0.05) is 48.0 Å². The number of halogens is 2. The van der Waals surface area contributed by atoms with Crippen molar-refractivity contribution in [2.45, 2.75) is 0 Å². The molecule has 4 aromatic carbocycles. The summed E-state index contributed by atoms with van der Waals surface area (Å²) in [6.07, 6.45) is 1.74. The largest absolute Gasteiger partial charge is 0.322 e. The molecule has 6 heteroatoms. The lowest BCUT2D eigenvalue weighted by molar-refractivity contribution is 0.102. The highest BCUT2D eigenvalue weighted by Gasteiger charge is 2.08. The maximum atomic E-state index is 13.0. The summed E-state index contributed by atoms with van der Waals surface area (Å²) >= 11 is 6.02. The number of rotatable bonds is 4. The van der Waals surface area contributed by atoms with Gasteiger partial charge in [0.15, 0.2) is 0 Å². The maximum absolute atomic E-state index is 13.0. The van der Waals surface area contributed by atoms with E-state index in [0.717, 1.165) is 33.4 Å². The third kappa shape index (κ3) is 4.59. The summed E-state index contributed by atoms with van der Waals surface area (Å²) in [5.41, 5.74) is 6.42. The number of carbonyl (C=O) groups excluding carboxylic acids is 1. The van der Waals surface area contributed by atoms with E-state index in [1.807, 2.05) is 54.6 Å². The minimum atomic E-state index is -0.375. The van der Waals surface area contributed by atoms with Crippen LogP contribution in [-0.4, -0.2) is 15.9 Å². The van der Waals surface area contributed by atoms with Crippen molar-refractivity contribution >= 4 is 34.2 Å². The molecule has 1 heterocycles. The summed E-state index contributed by atoms with van der Waals surface area (Å²) < 4.78 is 13.0. The fourth-order valence-corrected chi connectivity index (χ4v) is 3.67. The topological polar surface area (TPSA) is 54.9 Å². The van der Waals surface area contributed by atoms with Gasteiger partial charge < -0.3 is 5.32 Å². The Morgan fingerprint density at radius 2 is 1.39 bits per heavy atom. The molecule has 0 unspecified atom stereocenters. The second-order valence-corrected chi connectivity index (χ2v) is 7.94. The van der Waals surface area contributed by atoms with Crippen LogP contribution in [0.4, 0.5) is 10.1 Å². The summed E-state index contributed by atoms with van der Waals surface area (Å²) in [4.78, 5) is 21.4. The van der Waals surface area contributed by atoms with Gasteiger partial charge >= 0.3 is 0 Å². The molecule has 1 amide bonds. The minimum absolute atomic E-state index is 0.286. The molecule has 0 spiro atoms. The van der Waals surface area contributed by atoms with Crippen LogP contribution in [0.15, 0.2) is 97.2 Å². The number of fused-ring (bicyclic) bond motifs is 1. The first-order chi connectivity index (χ1) is 16.0. The average molecular weight is 454 g/mol. The van der Waals surface area contributed by atoms with Gasteiger partial charge in [0.2, 0.25) is 0 Å². The Morgan fingerprint density at radius 3 is 2.09 bits per heavy atom. The van der Waals surface area contributed by atoms with Crippen LogP contribution in [0.5, 0.6) is 0 Å². The number of benzene rings is 4. The number of nitrogens with zero attached hydrogens (tertiary/aromatic N) is 2. The average Bonchev–Trinajstić information content (AvgIpc) is 2.85. The summed E-state index contributed by atoms with van der Waals surface area (Å²) in [6, 6.07) is 26.5. The van der Waals surface area contributed by atoms with E-state index in [1.54, 1.807) is 18.3 Å². The predicted molar refractivity (Wildman–Crippen MR) is 130 cm³/mol. The maximum Gasteiger partial charge on any atom is 0.255 e. The van der Waals surface area contributed by atoms with Crippen LogP contribution < -0.4 is 5.32 Å². The standard InChI is InChI=1S/C27H17ClFN3O/c28-21-9-14-24-25(15-21)30-16-26(32-24)19-3-1-17(2-4-19)18-7-12-23(13-8-18)31-27(33)20-5-10-22(29)11-6-20/h1-16H,(H,31,33). The van der Waals surface area contributed by atoms with E-state index in [-0.39, 0.29) is 11.7 Å². The fourth-order valence-electron chi connectivity index (χ4n) is 3.51. The van der Waals surface area contributed by atoms with Gasteiger partial charge in [0.25, 0.3) is 5.91 Å². The lowest BCUT2D eigenvalue weighted by Gasteiger charge is -2.08. The Labute approximate surface area is 194 Å². The van der Waals surface area contributed by atoms with Gasteiger partial charge in [-0.05, 0) is 65.7 Å². The van der Waals surface area contributed by atoms with E-state index in [4.69, 9.17) is 11.6 Å². The van der Waals surface area contributed by atoms with E-state index in [2.05, 4.69) is 15.3 Å². The Balaban J connectivity index is 1.31. The van der Waals surface area contributed by atoms with Crippen molar-refractivity contribution in [1.82, 2.24) is 9.97 Å². The summed E-state index contributed by atoms with van der Waals surface area (Å²) in [7, 11) is 0. The van der Waals surface area contributed by atoms with Crippen molar-refractivity contribution in [2.75, 3.05) is 5.32 Å². The summed E-state index contributed by atoms with van der Waals surface area (Å²) in [6.45, 7) is 0. The van der Waals surface area contributed by atoms with Crippen molar-refractivity contribution in [3.05, 3.63) is 114 Å². The predicted octanol–water partition coefficient (Wildman–Crippen LogP) is 7.01. The molecular weight excluding hydrogens is 437 g/mol. The second-order valence-electron chi connectivity index (χ2n) is 7.50. The molecule has 0 fully saturated rings. The van der Waals surface area contributed by atoms with E-state index < -0.39 is 0 Å². The van der Waals surface area contributed by atoms with Crippen LogP contribution in [0, 0.1) is 5.82 Å². The lowest BCUT2D eigenvalue weighted by Crippen LogP contribution is -2.11. The van der Waals surface area contributed by atoms with Crippen molar-refractivity contribution < 1.29 is 9.18 Å².